The number of nitrogens with zero attached hydrogens (tertiary/aromatic N) is 5. The van der Waals surface area contributed by atoms with Gasteiger partial charge in [-0.2, -0.15) is 10.4 Å². The Balaban J connectivity index is 2.50. The van der Waals surface area contributed by atoms with E-state index in [4.69, 9.17) is 5.26 Å². The lowest BCUT2D eigenvalue weighted by Crippen LogP contribution is -2.26. The maximum Gasteiger partial charge on any atom is 0.269 e. The van der Waals surface area contributed by atoms with Crippen molar-refractivity contribution < 1.29 is 0 Å². The first kappa shape index (κ1) is 11.1. The Labute approximate surface area is 97.8 Å². The van der Waals surface area contributed by atoms with Crippen molar-refractivity contribution in [3.8, 4) is 6.07 Å². The second-order valence-electron chi connectivity index (χ2n) is 3.69. The van der Waals surface area contributed by atoms with Gasteiger partial charge < -0.3 is 4.57 Å². The molecule has 0 aliphatic carbocycles. The molecule has 0 aliphatic rings. The van der Waals surface area contributed by atoms with Crippen molar-refractivity contribution in [3.63, 3.8) is 0 Å². The lowest BCUT2D eigenvalue weighted by molar-refractivity contribution is 0.629. The zero-order valence-electron chi connectivity index (χ0n) is 9.58. The molecule has 0 saturated heterocycles. The van der Waals surface area contributed by atoms with E-state index in [1.54, 1.807) is 17.8 Å². The number of aryl methyl sites for hydroxylation is 2. The fourth-order valence-electron chi connectivity index (χ4n) is 1.56. The molecule has 0 N–H and O–H groups in total. The Morgan fingerprint density at radius 1 is 1.47 bits per heavy atom. The summed E-state index contributed by atoms with van der Waals surface area (Å²) in [5, 5.41) is 12.8. The van der Waals surface area contributed by atoms with Crippen LogP contribution in [0.25, 0.3) is 0 Å². The van der Waals surface area contributed by atoms with E-state index < -0.39 is 0 Å². The summed E-state index contributed by atoms with van der Waals surface area (Å²) in [4.78, 5) is 16.0. The maximum atomic E-state index is 11.9. The molecule has 0 radical (unpaired) electrons. The topological polar surface area (TPSA) is 76.5 Å². The van der Waals surface area contributed by atoms with Crippen molar-refractivity contribution in [2.45, 2.75) is 13.5 Å². The third-order valence-corrected chi connectivity index (χ3v) is 2.62. The lowest BCUT2D eigenvalue weighted by atomic mass is 10.2. The zero-order chi connectivity index (χ0) is 12.4. The number of hydrogen-bond donors (Lipinski definition) is 0. The molecule has 2 heterocycles. The number of aromatic nitrogens is 4. The lowest BCUT2D eigenvalue weighted by Gasteiger charge is -2.09. The van der Waals surface area contributed by atoms with E-state index in [9.17, 15) is 4.79 Å². The van der Waals surface area contributed by atoms with Gasteiger partial charge in [0.05, 0.1) is 6.54 Å². The number of nitriles is 1. The third kappa shape index (κ3) is 1.95. The van der Waals surface area contributed by atoms with Crippen molar-refractivity contribution in [1.82, 2.24) is 19.3 Å². The Morgan fingerprint density at radius 2 is 2.24 bits per heavy atom. The van der Waals surface area contributed by atoms with E-state index in [0.29, 0.717) is 12.4 Å². The Kier molecular flexibility index (Phi) is 2.75. The third-order valence-electron chi connectivity index (χ3n) is 2.62. The first-order valence-electron chi connectivity index (χ1n) is 5.07. The minimum atomic E-state index is -0.296. The van der Waals surface area contributed by atoms with Gasteiger partial charge >= 0.3 is 0 Å². The van der Waals surface area contributed by atoms with Gasteiger partial charge in [-0.15, -0.1) is 0 Å². The molecular formula is C11H11N5O. The molecule has 0 saturated carbocycles. The molecule has 0 aliphatic heterocycles. The second kappa shape index (κ2) is 4.22. The molecule has 2 rings (SSSR count). The minimum absolute atomic E-state index is 0.137. The van der Waals surface area contributed by atoms with Crippen LogP contribution in [0.1, 0.15) is 17.1 Å². The average molecular weight is 229 g/mol. The summed E-state index contributed by atoms with van der Waals surface area (Å²) in [5.74, 6) is 0.672. The van der Waals surface area contributed by atoms with Gasteiger partial charge in [-0.1, -0.05) is 0 Å². The van der Waals surface area contributed by atoms with Gasteiger partial charge in [0, 0.05) is 12.7 Å². The summed E-state index contributed by atoms with van der Waals surface area (Å²) >= 11 is 0. The largest absolute Gasteiger partial charge is 0.304 e. The summed E-state index contributed by atoms with van der Waals surface area (Å²) in [6.45, 7) is 2.13. The van der Waals surface area contributed by atoms with Crippen LogP contribution in [0.4, 0.5) is 0 Å². The normalized spacial score (nSPS) is 10.2. The van der Waals surface area contributed by atoms with Gasteiger partial charge in [0.1, 0.15) is 23.8 Å². The van der Waals surface area contributed by atoms with Gasteiger partial charge in [-0.3, -0.25) is 9.48 Å². The highest BCUT2D eigenvalue weighted by atomic mass is 16.1. The summed E-state index contributed by atoms with van der Waals surface area (Å²) in [7, 11) is 1.76. The summed E-state index contributed by atoms with van der Waals surface area (Å²) in [6.07, 6.45) is 1.43. The highest BCUT2D eigenvalue weighted by molar-refractivity contribution is 5.27. The quantitative estimate of drug-likeness (QED) is 0.737. The molecule has 0 unspecified atom stereocenters. The second-order valence-corrected chi connectivity index (χ2v) is 3.69. The van der Waals surface area contributed by atoms with Gasteiger partial charge in [-0.05, 0) is 19.1 Å². The SMILES string of the molecule is Cc1ccc(C#N)c(=O)n1Cc1ncnn1C. The summed E-state index contributed by atoms with van der Waals surface area (Å²) in [6, 6.07) is 5.16. The van der Waals surface area contributed by atoms with Gasteiger partial charge in [0.25, 0.3) is 5.56 Å². The predicted molar refractivity (Wildman–Crippen MR) is 60.3 cm³/mol. The van der Waals surface area contributed by atoms with Crippen molar-refractivity contribution in [2.75, 3.05) is 0 Å². The van der Waals surface area contributed by atoms with Crippen molar-refractivity contribution in [1.29, 1.82) is 5.26 Å². The Hall–Kier alpha value is -2.42. The molecule has 0 aromatic carbocycles. The number of rotatable bonds is 2. The van der Waals surface area contributed by atoms with Crippen molar-refractivity contribution in [3.05, 3.63) is 45.9 Å². The molecule has 0 bridgehead atoms. The molecule has 2 aromatic heterocycles. The van der Waals surface area contributed by atoms with E-state index in [0.717, 1.165) is 5.69 Å². The van der Waals surface area contributed by atoms with Crippen LogP contribution in [-0.2, 0) is 13.6 Å². The van der Waals surface area contributed by atoms with E-state index in [2.05, 4.69) is 10.1 Å². The molecule has 0 atom stereocenters. The molecule has 6 nitrogen and oxygen atoms in total. The molecule has 0 amide bonds. The van der Waals surface area contributed by atoms with Crippen molar-refractivity contribution in [2.24, 2.45) is 7.05 Å². The van der Waals surface area contributed by atoms with Crippen LogP contribution in [0.15, 0.2) is 23.3 Å². The predicted octanol–water partition coefficient (Wildman–Crippen LogP) is 0.205. The van der Waals surface area contributed by atoms with Crippen LogP contribution in [0.5, 0.6) is 0 Å². The molecule has 6 heteroatoms. The standard InChI is InChI=1S/C11H11N5O/c1-8-3-4-9(5-12)11(17)16(8)6-10-13-7-14-15(10)2/h3-4,7H,6H2,1-2H3. The molecule has 0 fully saturated rings. The molecular weight excluding hydrogens is 218 g/mol. The summed E-state index contributed by atoms with van der Waals surface area (Å²) < 4.78 is 3.12. The molecule has 17 heavy (non-hydrogen) atoms. The fourth-order valence-corrected chi connectivity index (χ4v) is 1.56. The molecule has 86 valence electrons. The molecule has 0 spiro atoms. The smallest absolute Gasteiger partial charge is 0.269 e. The van der Waals surface area contributed by atoms with E-state index in [-0.39, 0.29) is 11.1 Å². The van der Waals surface area contributed by atoms with Gasteiger partial charge in [-0.25, -0.2) is 4.98 Å². The van der Waals surface area contributed by atoms with E-state index in [1.165, 1.54) is 17.0 Å². The van der Waals surface area contributed by atoms with Crippen LogP contribution in [0.3, 0.4) is 0 Å². The Bertz CT molecular complexity index is 647. The van der Waals surface area contributed by atoms with Gasteiger partial charge in [0.15, 0.2) is 0 Å². The van der Waals surface area contributed by atoms with Crippen LogP contribution >= 0.6 is 0 Å². The zero-order valence-corrected chi connectivity index (χ0v) is 9.58. The van der Waals surface area contributed by atoms with Crippen LogP contribution in [0, 0.1) is 18.3 Å². The highest BCUT2D eigenvalue weighted by Crippen LogP contribution is 2.01. The highest BCUT2D eigenvalue weighted by Gasteiger charge is 2.08. The number of pyridine rings is 1. The average Bonchev–Trinajstić information content (AvgIpc) is 2.70. The first-order valence-corrected chi connectivity index (χ1v) is 5.07. The fraction of sp³-hybridized carbons (Fsp3) is 0.273. The summed E-state index contributed by atoms with van der Waals surface area (Å²) in [5.41, 5.74) is 0.630. The maximum absolute atomic E-state index is 11.9. The first-order chi connectivity index (χ1) is 8.13. The van der Waals surface area contributed by atoms with Gasteiger partial charge in [0.2, 0.25) is 0 Å². The van der Waals surface area contributed by atoms with Crippen molar-refractivity contribution >= 4 is 0 Å². The van der Waals surface area contributed by atoms with Crippen LogP contribution in [-0.4, -0.2) is 19.3 Å². The minimum Gasteiger partial charge on any atom is -0.304 e. The Morgan fingerprint density at radius 3 is 2.82 bits per heavy atom. The molecule has 2 aromatic rings. The van der Waals surface area contributed by atoms with Crippen LogP contribution in [0.2, 0.25) is 0 Å². The number of hydrogen-bond acceptors (Lipinski definition) is 4. The van der Waals surface area contributed by atoms with Crippen LogP contribution < -0.4 is 5.56 Å². The van der Waals surface area contributed by atoms with E-state index in [1.807, 2.05) is 13.0 Å². The van der Waals surface area contributed by atoms with E-state index >= 15 is 0 Å². The monoisotopic (exact) mass is 229 g/mol.